The van der Waals surface area contributed by atoms with Crippen molar-refractivity contribution in [3.8, 4) is 0 Å². The second kappa shape index (κ2) is 9.81. The molecule has 1 heterocycles. The van der Waals surface area contributed by atoms with E-state index in [0.29, 0.717) is 23.5 Å². The van der Waals surface area contributed by atoms with Gasteiger partial charge in [0.2, 0.25) is 0 Å². The minimum atomic E-state index is -0.252. The summed E-state index contributed by atoms with van der Waals surface area (Å²) in [7, 11) is 3.55. The van der Waals surface area contributed by atoms with Crippen LogP contribution in [0.4, 0.5) is 4.39 Å². The molecule has 0 saturated heterocycles. The summed E-state index contributed by atoms with van der Waals surface area (Å²) in [5, 5.41) is 10.4. The first kappa shape index (κ1) is 19.8. The lowest BCUT2D eigenvalue weighted by atomic mass is 10.1. The van der Waals surface area contributed by atoms with Crippen molar-refractivity contribution in [2.24, 2.45) is 12.0 Å². The van der Waals surface area contributed by atoms with Crippen LogP contribution in [0.2, 0.25) is 0 Å². The second-order valence-corrected chi connectivity index (χ2v) is 5.51. The van der Waals surface area contributed by atoms with Crippen LogP contribution < -0.4 is 10.6 Å². The zero-order valence-corrected chi connectivity index (χ0v) is 16.8. The molecule has 0 amide bonds. The Balaban J connectivity index is 0.00000264. The van der Waals surface area contributed by atoms with Crippen molar-refractivity contribution in [3.63, 3.8) is 0 Å². The van der Waals surface area contributed by atoms with Crippen molar-refractivity contribution < 1.29 is 4.39 Å². The van der Waals surface area contributed by atoms with E-state index in [2.05, 4.69) is 41.6 Å². The summed E-state index contributed by atoms with van der Waals surface area (Å²) in [5.74, 6) is 1.26. The quantitative estimate of drug-likeness (QED) is 0.378. The molecular weight excluding hydrogens is 478 g/mol. The van der Waals surface area contributed by atoms with Gasteiger partial charge in [-0.2, -0.15) is 5.10 Å². The van der Waals surface area contributed by atoms with Gasteiger partial charge >= 0.3 is 0 Å². The summed E-state index contributed by atoms with van der Waals surface area (Å²) >= 11 is 3.19. The molecule has 6 nitrogen and oxygen atoms in total. The number of hydrogen-bond donors (Lipinski definition) is 2. The molecule has 126 valence electrons. The number of rotatable bonds is 5. The van der Waals surface area contributed by atoms with Crippen molar-refractivity contribution in [2.45, 2.75) is 13.0 Å². The monoisotopic (exact) mass is 496 g/mol. The molecule has 0 spiro atoms. The van der Waals surface area contributed by atoms with E-state index in [4.69, 9.17) is 0 Å². The van der Waals surface area contributed by atoms with Gasteiger partial charge in [-0.15, -0.1) is 24.0 Å². The molecule has 2 aromatic rings. The molecule has 0 bridgehead atoms. The lowest BCUT2D eigenvalue weighted by Crippen LogP contribution is -2.38. The highest BCUT2D eigenvalue weighted by molar-refractivity contribution is 14.0. The number of benzene rings is 1. The first-order chi connectivity index (χ1) is 10.6. The highest BCUT2D eigenvalue weighted by atomic mass is 127. The predicted octanol–water partition coefficient (Wildman–Crippen LogP) is 2.24. The molecule has 9 heteroatoms. The average molecular weight is 497 g/mol. The highest BCUT2D eigenvalue weighted by Gasteiger charge is 2.04. The molecule has 1 aromatic heterocycles. The van der Waals surface area contributed by atoms with E-state index < -0.39 is 0 Å². The van der Waals surface area contributed by atoms with Gasteiger partial charge in [-0.25, -0.2) is 9.37 Å². The van der Waals surface area contributed by atoms with Gasteiger partial charge in [-0.3, -0.25) is 9.67 Å². The van der Waals surface area contributed by atoms with Crippen LogP contribution in [0.15, 0.2) is 34.0 Å². The number of aliphatic imine (C=N–C) groups is 1. The molecule has 0 fully saturated rings. The van der Waals surface area contributed by atoms with Crippen molar-refractivity contribution in [3.05, 3.63) is 46.2 Å². The molecule has 0 atom stereocenters. The van der Waals surface area contributed by atoms with Crippen molar-refractivity contribution in [2.75, 3.05) is 13.6 Å². The number of hydrogen-bond acceptors (Lipinski definition) is 3. The summed E-state index contributed by atoms with van der Waals surface area (Å²) in [6.45, 7) is 1.23. The van der Waals surface area contributed by atoms with Gasteiger partial charge in [0.25, 0.3) is 0 Å². The molecule has 2 N–H and O–H groups in total. The maximum atomic E-state index is 13.2. The average Bonchev–Trinajstić information content (AvgIpc) is 2.91. The molecule has 0 aliphatic carbocycles. The largest absolute Gasteiger partial charge is 0.356 e. The van der Waals surface area contributed by atoms with E-state index in [1.54, 1.807) is 23.9 Å². The molecule has 0 unspecified atom stereocenters. The van der Waals surface area contributed by atoms with Crippen LogP contribution in [-0.2, 0) is 20.0 Å². The maximum Gasteiger partial charge on any atom is 0.191 e. The molecule has 23 heavy (non-hydrogen) atoms. The minimum Gasteiger partial charge on any atom is -0.356 e. The first-order valence-corrected chi connectivity index (χ1v) is 7.60. The molecule has 0 radical (unpaired) electrons. The van der Waals surface area contributed by atoms with Gasteiger partial charge in [0.15, 0.2) is 5.96 Å². The highest BCUT2D eigenvalue weighted by Crippen LogP contribution is 2.16. The van der Waals surface area contributed by atoms with Crippen LogP contribution in [0.5, 0.6) is 0 Å². The van der Waals surface area contributed by atoms with Crippen molar-refractivity contribution in [1.29, 1.82) is 0 Å². The third-order valence-corrected chi connectivity index (χ3v) is 3.74. The number of nitrogens with zero attached hydrogens (tertiary/aromatic N) is 4. The number of aryl methyl sites for hydroxylation is 1. The standard InChI is InChI=1S/C14H18BrFN6.HI/c1-17-14(19-8-13-20-9-21-22(13)2)18-6-5-10-3-4-12(16)11(15)7-10;/h3-4,7,9H,5-6,8H2,1-2H3,(H2,17,18,19);1H. The zero-order chi connectivity index (χ0) is 15.9. The Kier molecular flexibility index (Phi) is 8.45. The number of aromatic nitrogens is 3. The Morgan fingerprint density at radius 2 is 2.17 bits per heavy atom. The van der Waals surface area contributed by atoms with Crippen LogP contribution in [0.1, 0.15) is 11.4 Å². The summed E-state index contributed by atoms with van der Waals surface area (Å²) < 4.78 is 15.4. The molecule has 2 rings (SSSR count). The van der Waals surface area contributed by atoms with Gasteiger partial charge in [-0.05, 0) is 40.0 Å². The van der Waals surface area contributed by atoms with E-state index in [1.165, 1.54) is 12.4 Å². The van der Waals surface area contributed by atoms with E-state index in [0.717, 1.165) is 17.8 Å². The second-order valence-electron chi connectivity index (χ2n) is 4.65. The van der Waals surface area contributed by atoms with Crippen LogP contribution >= 0.6 is 39.9 Å². The van der Waals surface area contributed by atoms with Crippen LogP contribution in [-0.4, -0.2) is 34.3 Å². The van der Waals surface area contributed by atoms with Gasteiger partial charge in [0.1, 0.15) is 18.0 Å². The number of guanidine groups is 1. The molecule has 1 aromatic carbocycles. The summed E-state index contributed by atoms with van der Waals surface area (Å²) in [5.41, 5.74) is 1.05. The molecule has 0 aliphatic heterocycles. The third kappa shape index (κ3) is 6.05. The van der Waals surface area contributed by atoms with Crippen LogP contribution in [0.25, 0.3) is 0 Å². The Morgan fingerprint density at radius 3 is 2.78 bits per heavy atom. The molecule has 0 aliphatic rings. The van der Waals surface area contributed by atoms with Crippen molar-refractivity contribution in [1.82, 2.24) is 25.4 Å². The topological polar surface area (TPSA) is 67.1 Å². The van der Waals surface area contributed by atoms with E-state index >= 15 is 0 Å². The number of nitrogens with one attached hydrogen (secondary N) is 2. The summed E-state index contributed by atoms with van der Waals surface area (Å²) in [6.07, 6.45) is 2.28. The van der Waals surface area contributed by atoms with Gasteiger partial charge in [0, 0.05) is 20.6 Å². The minimum absolute atomic E-state index is 0. The first-order valence-electron chi connectivity index (χ1n) is 6.81. The maximum absolute atomic E-state index is 13.2. The van der Waals surface area contributed by atoms with Gasteiger partial charge in [0.05, 0.1) is 11.0 Å². The fourth-order valence-corrected chi connectivity index (χ4v) is 2.31. The smallest absolute Gasteiger partial charge is 0.191 e. The van der Waals surface area contributed by atoms with E-state index in [1.807, 2.05) is 7.05 Å². The van der Waals surface area contributed by atoms with Crippen LogP contribution in [0.3, 0.4) is 0 Å². The Hall–Kier alpha value is -1.23. The van der Waals surface area contributed by atoms with Gasteiger partial charge < -0.3 is 10.6 Å². The third-order valence-electron chi connectivity index (χ3n) is 3.13. The number of halogens is 3. The predicted molar refractivity (Wildman–Crippen MR) is 102 cm³/mol. The SMILES string of the molecule is CN=C(NCCc1ccc(F)c(Br)c1)NCc1ncnn1C.I. The normalized spacial score (nSPS) is 11.0. The summed E-state index contributed by atoms with van der Waals surface area (Å²) in [4.78, 5) is 8.28. The van der Waals surface area contributed by atoms with Crippen LogP contribution in [0, 0.1) is 5.82 Å². The van der Waals surface area contributed by atoms with E-state index in [9.17, 15) is 4.39 Å². The Morgan fingerprint density at radius 1 is 1.39 bits per heavy atom. The Labute approximate surface area is 160 Å². The van der Waals surface area contributed by atoms with Gasteiger partial charge in [-0.1, -0.05) is 6.07 Å². The molecular formula is C14H19BrFIN6. The lowest BCUT2D eigenvalue weighted by Gasteiger charge is -2.11. The Bertz CT molecular complexity index is 660. The summed E-state index contributed by atoms with van der Waals surface area (Å²) in [6, 6.07) is 5.02. The fourth-order valence-electron chi connectivity index (χ4n) is 1.88. The molecule has 0 saturated carbocycles. The van der Waals surface area contributed by atoms with E-state index in [-0.39, 0.29) is 29.8 Å². The zero-order valence-electron chi connectivity index (χ0n) is 12.9. The fraction of sp³-hybridized carbons (Fsp3) is 0.357. The lowest BCUT2D eigenvalue weighted by molar-refractivity contribution is 0.620. The van der Waals surface area contributed by atoms with Crippen molar-refractivity contribution >= 4 is 45.9 Å².